The summed E-state index contributed by atoms with van der Waals surface area (Å²) in [4.78, 5) is 16.6. The van der Waals surface area contributed by atoms with Crippen LogP contribution in [0.3, 0.4) is 0 Å². The van der Waals surface area contributed by atoms with Gasteiger partial charge in [-0.1, -0.05) is 23.7 Å². The Bertz CT molecular complexity index is 784. The number of nitrogens with zero attached hydrogens (tertiary/aromatic N) is 1. The molecule has 7 heteroatoms. The number of amides is 1. The lowest BCUT2D eigenvalue weighted by Gasteiger charge is -2.16. The van der Waals surface area contributed by atoms with Gasteiger partial charge < -0.3 is 14.8 Å². The minimum atomic E-state index is -0.515. The number of halogens is 1. The van der Waals surface area contributed by atoms with Crippen molar-refractivity contribution in [2.24, 2.45) is 0 Å². The molecule has 0 bridgehead atoms. The van der Waals surface area contributed by atoms with Crippen LogP contribution in [0, 0.1) is 0 Å². The second-order valence-corrected chi connectivity index (χ2v) is 6.10. The van der Waals surface area contributed by atoms with Crippen molar-refractivity contribution in [3.63, 3.8) is 0 Å². The van der Waals surface area contributed by atoms with Crippen LogP contribution in [-0.2, 0) is 0 Å². The number of carbonyl (C=O) groups is 1. The minimum Gasteiger partial charge on any atom is -0.472 e. The van der Waals surface area contributed by atoms with Gasteiger partial charge in [-0.05, 0) is 23.8 Å². The Hall–Kier alpha value is -2.15. The fraction of sp³-hybridized carbons (Fsp3) is 0.125. The summed E-state index contributed by atoms with van der Waals surface area (Å²) in [6.45, 7) is -0.216. The summed E-state index contributed by atoms with van der Waals surface area (Å²) >= 11 is 7.20. The maximum atomic E-state index is 12.3. The zero-order valence-corrected chi connectivity index (χ0v) is 13.5. The van der Waals surface area contributed by atoms with Crippen LogP contribution >= 0.6 is 22.9 Å². The molecule has 1 aromatic carbocycles. The van der Waals surface area contributed by atoms with Crippen LogP contribution in [0.25, 0.3) is 10.6 Å². The highest BCUT2D eigenvalue weighted by atomic mass is 35.5. The Kier molecular flexibility index (Phi) is 4.76. The maximum absolute atomic E-state index is 12.3. The number of benzene rings is 1. The molecular formula is C16H13ClN2O3S. The molecule has 0 radical (unpaired) electrons. The molecule has 0 aliphatic carbocycles. The second kappa shape index (κ2) is 6.95. The zero-order valence-electron chi connectivity index (χ0n) is 11.9. The van der Waals surface area contributed by atoms with Crippen LogP contribution in [0.1, 0.15) is 22.1 Å². The molecule has 23 heavy (non-hydrogen) atoms. The van der Waals surface area contributed by atoms with Crippen LogP contribution in [0.4, 0.5) is 0 Å². The van der Waals surface area contributed by atoms with Gasteiger partial charge in [-0.25, -0.2) is 4.98 Å². The largest absolute Gasteiger partial charge is 0.472 e. The van der Waals surface area contributed by atoms with E-state index >= 15 is 0 Å². The van der Waals surface area contributed by atoms with Gasteiger partial charge in [0.1, 0.15) is 17.0 Å². The van der Waals surface area contributed by atoms with Crippen LogP contribution in [0.15, 0.2) is 52.7 Å². The Labute approximate surface area is 141 Å². The monoisotopic (exact) mass is 348 g/mol. The standard InChI is InChI=1S/C16H13ClN2O3S/c17-12-3-1-10(2-4-12)13(7-20)18-15(21)14-9-23-16(19-14)11-5-6-22-8-11/h1-6,8-9,13,20H,7H2,(H,18,21). The lowest BCUT2D eigenvalue weighted by atomic mass is 10.1. The van der Waals surface area contributed by atoms with Gasteiger partial charge in [-0.2, -0.15) is 0 Å². The number of nitrogens with one attached hydrogen (secondary N) is 1. The van der Waals surface area contributed by atoms with Gasteiger partial charge in [-0.3, -0.25) is 4.79 Å². The number of rotatable bonds is 5. The molecule has 0 fully saturated rings. The molecule has 1 amide bonds. The first-order valence-corrected chi connectivity index (χ1v) is 8.08. The van der Waals surface area contributed by atoms with E-state index in [4.69, 9.17) is 16.0 Å². The number of aromatic nitrogens is 1. The minimum absolute atomic E-state index is 0.216. The van der Waals surface area contributed by atoms with E-state index in [-0.39, 0.29) is 12.5 Å². The van der Waals surface area contributed by atoms with E-state index in [9.17, 15) is 9.90 Å². The van der Waals surface area contributed by atoms with Crippen molar-refractivity contribution in [1.29, 1.82) is 0 Å². The van der Waals surface area contributed by atoms with E-state index in [2.05, 4.69) is 10.3 Å². The third-order valence-corrected chi connectivity index (χ3v) is 4.41. The Balaban J connectivity index is 1.74. The fourth-order valence-electron chi connectivity index (χ4n) is 2.06. The first kappa shape index (κ1) is 15.7. The Morgan fingerprint density at radius 3 is 2.78 bits per heavy atom. The molecule has 1 atom stereocenters. The zero-order chi connectivity index (χ0) is 16.2. The van der Waals surface area contributed by atoms with E-state index in [0.717, 1.165) is 11.1 Å². The van der Waals surface area contributed by atoms with E-state index in [1.165, 1.54) is 11.3 Å². The molecule has 118 valence electrons. The van der Waals surface area contributed by atoms with Crippen LogP contribution in [-0.4, -0.2) is 22.6 Å². The van der Waals surface area contributed by atoms with Gasteiger partial charge in [0.25, 0.3) is 5.91 Å². The molecule has 1 unspecified atom stereocenters. The molecular weight excluding hydrogens is 336 g/mol. The SMILES string of the molecule is O=C(NC(CO)c1ccc(Cl)cc1)c1csc(-c2ccoc2)n1. The molecule has 0 saturated heterocycles. The van der Waals surface area contributed by atoms with Gasteiger partial charge in [0.15, 0.2) is 0 Å². The van der Waals surface area contributed by atoms with Crippen molar-refractivity contribution < 1.29 is 14.3 Å². The summed E-state index contributed by atoms with van der Waals surface area (Å²) in [5.74, 6) is -0.343. The van der Waals surface area contributed by atoms with Crippen molar-refractivity contribution in [2.75, 3.05) is 6.61 Å². The van der Waals surface area contributed by atoms with Crippen molar-refractivity contribution >= 4 is 28.8 Å². The molecule has 0 spiro atoms. The van der Waals surface area contributed by atoms with Crippen molar-refractivity contribution in [3.8, 4) is 10.6 Å². The molecule has 0 saturated carbocycles. The van der Waals surface area contributed by atoms with Crippen molar-refractivity contribution in [2.45, 2.75) is 6.04 Å². The van der Waals surface area contributed by atoms with E-state index in [1.807, 2.05) is 0 Å². The lowest BCUT2D eigenvalue weighted by molar-refractivity contribution is 0.0912. The van der Waals surface area contributed by atoms with Gasteiger partial charge in [0, 0.05) is 16.0 Å². The fourth-order valence-corrected chi connectivity index (χ4v) is 2.97. The van der Waals surface area contributed by atoms with Gasteiger partial charge >= 0.3 is 0 Å². The Morgan fingerprint density at radius 1 is 1.35 bits per heavy atom. The summed E-state index contributed by atoms with van der Waals surface area (Å²) in [6, 6.07) is 8.23. The highest BCUT2D eigenvalue weighted by molar-refractivity contribution is 7.13. The summed E-state index contributed by atoms with van der Waals surface area (Å²) in [7, 11) is 0. The summed E-state index contributed by atoms with van der Waals surface area (Å²) in [5.41, 5.74) is 1.90. The van der Waals surface area contributed by atoms with E-state index in [1.54, 1.807) is 48.2 Å². The highest BCUT2D eigenvalue weighted by Gasteiger charge is 2.18. The highest BCUT2D eigenvalue weighted by Crippen LogP contribution is 2.24. The quantitative estimate of drug-likeness (QED) is 0.739. The second-order valence-electron chi connectivity index (χ2n) is 4.81. The van der Waals surface area contributed by atoms with Gasteiger partial charge in [0.2, 0.25) is 0 Å². The predicted octanol–water partition coefficient (Wildman–Crippen LogP) is 3.52. The molecule has 0 aliphatic rings. The van der Waals surface area contributed by atoms with Gasteiger partial charge in [-0.15, -0.1) is 11.3 Å². The van der Waals surface area contributed by atoms with E-state index in [0.29, 0.717) is 15.7 Å². The number of hydrogen-bond donors (Lipinski definition) is 2. The lowest BCUT2D eigenvalue weighted by Crippen LogP contribution is -2.31. The third kappa shape index (κ3) is 3.61. The summed E-state index contributed by atoms with van der Waals surface area (Å²) < 4.78 is 5.01. The van der Waals surface area contributed by atoms with Crippen LogP contribution in [0.5, 0.6) is 0 Å². The maximum Gasteiger partial charge on any atom is 0.271 e. The summed E-state index contributed by atoms with van der Waals surface area (Å²) in [6.07, 6.45) is 3.13. The predicted molar refractivity (Wildman–Crippen MR) is 88.6 cm³/mol. The molecule has 3 rings (SSSR count). The average Bonchev–Trinajstić information content (AvgIpc) is 3.24. The topological polar surface area (TPSA) is 75.4 Å². The smallest absolute Gasteiger partial charge is 0.271 e. The molecule has 2 N–H and O–H groups in total. The average molecular weight is 349 g/mol. The van der Waals surface area contributed by atoms with Crippen molar-refractivity contribution in [3.05, 3.63) is 64.5 Å². The molecule has 2 heterocycles. The molecule has 0 aliphatic heterocycles. The number of furan rings is 1. The normalized spacial score (nSPS) is 12.1. The Morgan fingerprint density at radius 2 is 2.13 bits per heavy atom. The first-order valence-electron chi connectivity index (χ1n) is 6.82. The third-order valence-electron chi connectivity index (χ3n) is 3.27. The van der Waals surface area contributed by atoms with Crippen LogP contribution in [0.2, 0.25) is 5.02 Å². The summed E-state index contributed by atoms with van der Waals surface area (Å²) in [5, 5.41) is 15.3. The van der Waals surface area contributed by atoms with Gasteiger partial charge in [0.05, 0.1) is 18.9 Å². The molecule has 3 aromatic rings. The number of carbonyl (C=O) groups excluding carboxylic acids is 1. The molecule has 2 aromatic heterocycles. The van der Waals surface area contributed by atoms with Crippen molar-refractivity contribution in [1.82, 2.24) is 10.3 Å². The first-order chi connectivity index (χ1) is 11.2. The number of aliphatic hydroxyl groups is 1. The number of thiazole rings is 1. The number of hydrogen-bond acceptors (Lipinski definition) is 5. The van der Waals surface area contributed by atoms with E-state index < -0.39 is 6.04 Å². The molecule has 5 nitrogen and oxygen atoms in total. The number of aliphatic hydroxyl groups excluding tert-OH is 1. The van der Waals surface area contributed by atoms with Crippen LogP contribution < -0.4 is 5.32 Å².